The van der Waals surface area contributed by atoms with Crippen LogP contribution < -0.4 is 4.90 Å². The minimum absolute atomic E-state index is 0.151. The summed E-state index contributed by atoms with van der Waals surface area (Å²) >= 11 is 0. The van der Waals surface area contributed by atoms with E-state index in [1.54, 1.807) is 18.3 Å². The zero-order valence-electron chi connectivity index (χ0n) is 13.9. The first-order valence-electron chi connectivity index (χ1n) is 8.43. The molecule has 2 aromatic carbocycles. The van der Waals surface area contributed by atoms with Crippen molar-refractivity contribution in [2.75, 3.05) is 31.1 Å². The summed E-state index contributed by atoms with van der Waals surface area (Å²) in [5.74, 6) is 0.420. The van der Waals surface area contributed by atoms with Crippen molar-refractivity contribution in [3.63, 3.8) is 0 Å². The maximum Gasteiger partial charge on any atom is 0.227 e. The van der Waals surface area contributed by atoms with Crippen molar-refractivity contribution >= 4 is 22.5 Å². The Labute approximate surface area is 145 Å². The minimum Gasteiger partial charge on any atom is -0.508 e. The Morgan fingerprint density at radius 1 is 1.12 bits per heavy atom. The standard InChI is InChI=1S/C19H20N4O2/c24-17-3-1-2-16(12-17)22-6-8-23(9-7-22)19(25)11-14-4-5-18-15(10-14)13-20-21-18/h1-5,10,12-13,24H,6-9,11H2,(H,20,21). The molecule has 25 heavy (non-hydrogen) atoms. The highest BCUT2D eigenvalue weighted by molar-refractivity contribution is 5.83. The molecule has 4 rings (SSSR count). The molecular formula is C19H20N4O2. The molecule has 0 bridgehead atoms. The maximum atomic E-state index is 12.6. The van der Waals surface area contributed by atoms with Gasteiger partial charge in [0.05, 0.1) is 18.1 Å². The highest BCUT2D eigenvalue weighted by Gasteiger charge is 2.21. The molecule has 3 aromatic rings. The Hall–Kier alpha value is -3.02. The van der Waals surface area contributed by atoms with Crippen LogP contribution in [0.15, 0.2) is 48.7 Å². The number of piperazine rings is 1. The van der Waals surface area contributed by atoms with Crippen molar-refractivity contribution in [2.45, 2.75) is 6.42 Å². The summed E-state index contributed by atoms with van der Waals surface area (Å²) < 4.78 is 0. The first-order chi connectivity index (χ1) is 12.2. The molecule has 1 fully saturated rings. The Morgan fingerprint density at radius 2 is 1.96 bits per heavy atom. The number of fused-ring (bicyclic) bond motifs is 1. The number of carbonyl (C=O) groups excluding carboxylic acids is 1. The van der Waals surface area contributed by atoms with Crippen LogP contribution in [0.2, 0.25) is 0 Å². The van der Waals surface area contributed by atoms with Crippen LogP contribution in [-0.4, -0.2) is 52.3 Å². The summed E-state index contributed by atoms with van der Waals surface area (Å²) in [6.45, 7) is 2.94. The lowest BCUT2D eigenvalue weighted by molar-refractivity contribution is -0.130. The number of amides is 1. The molecule has 1 aliphatic heterocycles. The molecule has 0 atom stereocenters. The van der Waals surface area contributed by atoms with Crippen LogP contribution in [-0.2, 0) is 11.2 Å². The number of benzene rings is 2. The van der Waals surface area contributed by atoms with Crippen molar-refractivity contribution in [1.29, 1.82) is 0 Å². The molecule has 0 aliphatic carbocycles. The number of aromatic hydroxyl groups is 1. The maximum absolute atomic E-state index is 12.6. The molecule has 0 spiro atoms. The molecule has 1 aromatic heterocycles. The zero-order chi connectivity index (χ0) is 17.2. The van der Waals surface area contributed by atoms with Gasteiger partial charge in [0.2, 0.25) is 5.91 Å². The van der Waals surface area contributed by atoms with Gasteiger partial charge in [0, 0.05) is 43.3 Å². The van der Waals surface area contributed by atoms with E-state index >= 15 is 0 Å². The quantitative estimate of drug-likeness (QED) is 0.769. The number of aromatic amines is 1. The van der Waals surface area contributed by atoms with Crippen LogP contribution in [0.4, 0.5) is 5.69 Å². The minimum atomic E-state index is 0.151. The highest BCUT2D eigenvalue weighted by Crippen LogP contribution is 2.21. The molecule has 1 aliphatic rings. The molecule has 6 heteroatoms. The molecule has 2 heterocycles. The topological polar surface area (TPSA) is 72.5 Å². The second-order valence-electron chi connectivity index (χ2n) is 6.36. The van der Waals surface area contributed by atoms with Crippen LogP contribution in [0.1, 0.15) is 5.56 Å². The van der Waals surface area contributed by atoms with Gasteiger partial charge in [0.1, 0.15) is 5.75 Å². The Bertz CT molecular complexity index is 897. The van der Waals surface area contributed by atoms with Gasteiger partial charge >= 0.3 is 0 Å². The molecular weight excluding hydrogens is 316 g/mol. The van der Waals surface area contributed by atoms with Crippen molar-refractivity contribution in [3.8, 4) is 5.75 Å². The predicted molar refractivity (Wildman–Crippen MR) is 96.7 cm³/mol. The molecule has 128 valence electrons. The van der Waals surface area contributed by atoms with E-state index in [0.717, 1.165) is 35.2 Å². The predicted octanol–water partition coefficient (Wildman–Crippen LogP) is 2.16. The number of aromatic nitrogens is 2. The van der Waals surface area contributed by atoms with E-state index in [9.17, 15) is 9.90 Å². The number of hydrogen-bond donors (Lipinski definition) is 2. The van der Waals surface area contributed by atoms with Gasteiger partial charge in [-0.3, -0.25) is 9.89 Å². The monoisotopic (exact) mass is 336 g/mol. The van der Waals surface area contributed by atoms with E-state index < -0.39 is 0 Å². The van der Waals surface area contributed by atoms with Gasteiger partial charge in [-0.2, -0.15) is 5.10 Å². The smallest absolute Gasteiger partial charge is 0.227 e. The fourth-order valence-corrected chi connectivity index (χ4v) is 3.29. The van der Waals surface area contributed by atoms with Crippen LogP contribution >= 0.6 is 0 Å². The molecule has 1 saturated heterocycles. The Balaban J connectivity index is 1.37. The summed E-state index contributed by atoms with van der Waals surface area (Å²) in [7, 11) is 0. The number of nitrogens with one attached hydrogen (secondary N) is 1. The third-order valence-electron chi connectivity index (χ3n) is 4.69. The number of phenols is 1. The fraction of sp³-hybridized carbons (Fsp3) is 0.263. The van der Waals surface area contributed by atoms with Gasteiger partial charge < -0.3 is 14.9 Å². The van der Waals surface area contributed by atoms with Crippen LogP contribution in [0, 0.1) is 0 Å². The fourth-order valence-electron chi connectivity index (χ4n) is 3.29. The number of nitrogens with zero attached hydrogens (tertiary/aromatic N) is 3. The number of anilines is 1. The average molecular weight is 336 g/mol. The molecule has 0 radical (unpaired) electrons. The summed E-state index contributed by atoms with van der Waals surface area (Å²) in [4.78, 5) is 16.7. The van der Waals surface area contributed by atoms with Crippen LogP contribution in [0.3, 0.4) is 0 Å². The van der Waals surface area contributed by atoms with Gasteiger partial charge in [-0.05, 0) is 29.8 Å². The summed E-state index contributed by atoms with van der Waals surface area (Å²) in [5, 5.41) is 17.6. The molecule has 0 unspecified atom stereocenters. The first kappa shape index (κ1) is 15.5. The normalized spacial score (nSPS) is 14.9. The van der Waals surface area contributed by atoms with Crippen molar-refractivity contribution < 1.29 is 9.90 Å². The van der Waals surface area contributed by atoms with Gasteiger partial charge in [0.25, 0.3) is 0 Å². The Morgan fingerprint density at radius 3 is 2.76 bits per heavy atom. The van der Waals surface area contributed by atoms with Crippen LogP contribution in [0.5, 0.6) is 5.75 Å². The van der Waals surface area contributed by atoms with E-state index in [2.05, 4.69) is 15.1 Å². The molecule has 0 saturated carbocycles. The second kappa shape index (κ2) is 6.47. The second-order valence-corrected chi connectivity index (χ2v) is 6.36. The Kier molecular flexibility index (Phi) is 4.01. The van der Waals surface area contributed by atoms with Gasteiger partial charge in [-0.1, -0.05) is 12.1 Å². The van der Waals surface area contributed by atoms with E-state index in [1.165, 1.54) is 0 Å². The molecule has 2 N–H and O–H groups in total. The van der Waals surface area contributed by atoms with E-state index in [4.69, 9.17) is 0 Å². The number of hydrogen-bond acceptors (Lipinski definition) is 4. The highest BCUT2D eigenvalue weighted by atomic mass is 16.3. The summed E-state index contributed by atoms with van der Waals surface area (Å²) in [6, 6.07) is 13.2. The van der Waals surface area contributed by atoms with E-state index in [1.807, 2.05) is 35.2 Å². The third-order valence-corrected chi connectivity index (χ3v) is 4.69. The zero-order valence-corrected chi connectivity index (χ0v) is 13.9. The number of phenolic OH excluding ortho intramolecular Hbond substituents is 1. The van der Waals surface area contributed by atoms with Crippen molar-refractivity contribution in [1.82, 2.24) is 15.1 Å². The summed E-state index contributed by atoms with van der Waals surface area (Å²) in [6.07, 6.45) is 2.19. The third kappa shape index (κ3) is 3.28. The number of rotatable bonds is 3. The van der Waals surface area contributed by atoms with E-state index in [0.29, 0.717) is 19.5 Å². The number of H-pyrrole nitrogens is 1. The SMILES string of the molecule is O=C(Cc1ccc2[nH]ncc2c1)N1CCN(c2cccc(O)c2)CC1. The lowest BCUT2D eigenvalue weighted by Gasteiger charge is -2.36. The van der Waals surface area contributed by atoms with Gasteiger partial charge in [-0.25, -0.2) is 0 Å². The van der Waals surface area contributed by atoms with Crippen LogP contribution in [0.25, 0.3) is 10.9 Å². The summed E-state index contributed by atoms with van der Waals surface area (Å²) in [5.41, 5.74) is 2.99. The van der Waals surface area contributed by atoms with E-state index in [-0.39, 0.29) is 11.7 Å². The van der Waals surface area contributed by atoms with Crippen molar-refractivity contribution in [3.05, 3.63) is 54.2 Å². The lowest BCUT2D eigenvalue weighted by atomic mass is 10.1. The number of carbonyl (C=O) groups is 1. The molecule has 6 nitrogen and oxygen atoms in total. The largest absolute Gasteiger partial charge is 0.508 e. The average Bonchev–Trinajstić information content (AvgIpc) is 3.09. The van der Waals surface area contributed by atoms with Gasteiger partial charge in [0.15, 0.2) is 0 Å². The lowest BCUT2D eigenvalue weighted by Crippen LogP contribution is -2.49. The first-order valence-corrected chi connectivity index (χ1v) is 8.43. The van der Waals surface area contributed by atoms with Crippen molar-refractivity contribution in [2.24, 2.45) is 0 Å². The molecule has 1 amide bonds. The van der Waals surface area contributed by atoms with Gasteiger partial charge in [-0.15, -0.1) is 0 Å².